The Bertz CT molecular complexity index is 431. The van der Waals surface area contributed by atoms with Crippen molar-refractivity contribution in [2.75, 3.05) is 0 Å². The topological polar surface area (TPSA) is 48.1 Å². The van der Waals surface area contributed by atoms with Crippen LogP contribution in [0.1, 0.15) is 57.3 Å². The summed E-state index contributed by atoms with van der Waals surface area (Å²) in [6.07, 6.45) is 7.42. The molecular weight excluding hydrogens is 248 g/mol. The normalized spacial score (nSPS) is 24.4. The average Bonchev–Trinajstić information content (AvgIpc) is 2.42. The first-order valence-electron chi connectivity index (χ1n) is 7.99. The van der Waals surface area contributed by atoms with Crippen LogP contribution in [0.5, 0.6) is 5.75 Å². The van der Waals surface area contributed by atoms with E-state index in [1.165, 1.54) is 32.1 Å². The van der Waals surface area contributed by atoms with Crippen LogP contribution in [0.4, 0.5) is 0 Å². The van der Waals surface area contributed by atoms with E-state index in [-0.39, 0.29) is 6.04 Å². The highest BCUT2D eigenvalue weighted by atomic mass is 16.5. The van der Waals surface area contributed by atoms with Gasteiger partial charge in [-0.2, -0.15) is 0 Å². The summed E-state index contributed by atoms with van der Waals surface area (Å²) in [7, 11) is 0. The standard InChI is InChI=1S/C17H28N2O/c1-4-14-7-5-6-8-16(14)20-17-10-9-13(3)19-15(17)11-12(2)18/h9-10,12,14,16H,4-8,11,18H2,1-3H3. The summed E-state index contributed by atoms with van der Waals surface area (Å²) in [6, 6.07) is 4.21. The summed E-state index contributed by atoms with van der Waals surface area (Å²) >= 11 is 0. The Morgan fingerprint density at radius 1 is 1.35 bits per heavy atom. The van der Waals surface area contributed by atoms with Crippen LogP contribution in [0.25, 0.3) is 0 Å². The van der Waals surface area contributed by atoms with Gasteiger partial charge in [-0.3, -0.25) is 4.98 Å². The maximum atomic E-state index is 6.33. The second-order valence-electron chi connectivity index (χ2n) is 6.19. The zero-order chi connectivity index (χ0) is 14.5. The predicted octanol–water partition coefficient (Wildman–Crippen LogP) is 3.63. The Morgan fingerprint density at radius 2 is 2.10 bits per heavy atom. The summed E-state index contributed by atoms with van der Waals surface area (Å²) in [5.74, 6) is 1.63. The van der Waals surface area contributed by atoms with E-state index < -0.39 is 0 Å². The van der Waals surface area contributed by atoms with Crippen molar-refractivity contribution in [3.8, 4) is 5.75 Å². The van der Waals surface area contributed by atoms with E-state index in [4.69, 9.17) is 10.5 Å². The minimum absolute atomic E-state index is 0.111. The van der Waals surface area contributed by atoms with Crippen molar-refractivity contribution >= 4 is 0 Å². The van der Waals surface area contributed by atoms with Crippen LogP contribution in [-0.2, 0) is 6.42 Å². The third-order valence-corrected chi connectivity index (χ3v) is 4.23. The molecule has 1 aromatic rings. The summed E-state index contributed by atoms with van der Waals surface area (Å²) < 4.78 is 6.33. The van der Waals surface area contributed by atoms with Gasteiger partial charge in [0.2, 0.25) is 0 Å². The smallest absolute Gasteiger partial charge is 0.141 e. The van der Waals surface area contributed by atoms with Gasteiger partial charge >= 0.3 is 0 Å². The molecule has 1 aliphatic carbocycles. The SMILES string of the molecule is CCC1CCCCC1Oc1ccc(C)nc1CC(C)N. The van der Waals surface area contributed by atoms with E-state index in [9.17, 15) is 0 Å². The van der Waals surface area contributed by atoms with Crippen molar-refractivity contribution in [3.05, 3.63) is 23.5 Å². The van der Waals surface area contributed by atoms with Gasteiger partial charge in [0.15, 0.2) is 0 Å². The van der Waals surface area contributed by atoms with E-state index in [1.807, 2.05) is 19.9 Å². The number of aromatic nitrogens is 1. The zero-order valence-corrected chi connectivity index (χ0v) is 13.1. The molecule has 3 atom stereocenters. The van der Waals surface area contributed by atoms with Crippen molar-refractivity contribution in [2.45, 2.75) is 71.4 Å². The number of rotatable bonds is 5. The number of nitrogens with two attached hydrogens (primary N) is 1. The maximum Gasteiger partial charge on any atom is 0.141 e. The molecule has 2 rings (SSSR count). The van der Waals surface area contributed by atoms with E-state index in [2.05, 4.69) is 18.0 Å². The molecule has 3 nitrogen and oxygen atoms in total. The van der Waals surface area contributed by atoms with Crippen LogP contribution >= 0.6 is 0 Å². The number of pyridine rings is 1. The molecule has 0 amide bonds. The van der Waals surface area contributed by atoms with Gasteiger partial charge in [0.1, 0.15) is 11.9 Å². The third kappa shape index (κ3) is 3.95. The van der Waals surface area contributed by atoms with Gasteiger partial charge in [0, 0.05) is 18.2 Å². The van der Waals surface area contributed by atoms with Crippen molar-refractivity contribution in [1.29, 1.82) is 0 Å². The molecular formula is C17H28N2O. The third-order valence-electron chi connectivity index (χ3n) is 4.23. The second kappa shape index (κ2) is 7.07. The van der Waals surface area contributed by atoms with Crippen LogP contribution < -0.4 is 10.5 Å². The second-order valence-corrected chi connectivity index (χ2v) is 6.19. The lowest BCUT2D eigenvalue weighted by molar-refractivity contribution is 0.0888. The minimum Gasteiger partial charge on any atom is -0.488 e. The lowest BCUT2D eigenvalue weighted by Crippen LogP contribution is -2.30. The van der Waals surface area contributed by atoms with Gasteiger partial charge in [-0.15, -0.1) is 0 Å². The van der Waals surface area contributed by atoms with Crippen LogP contribution in [0.3, 0.4) is 0 Å². The number of ether oxygens (including phenoxy) is 1. The lowest BCUT2D eigenvalue weighted by atomic mass is 9.84. The van der Waals surface area contributed by atoms with Crippen LogP contribution in [0, 0.1) is 12.8 Å². The molecule has 20 heavy (non-hydrogen) atoms. The van der Waals surface area contributed by atoms with Crippen molar-refractivity contribution in [3.63, 3.8) is 0 Å². The molecule has 1 fully saturated rings. The fourth-order valence-corrected chi connectivity index (χ4v) is 3.12. The van der Waals surface area contributed by atoms with Gasteiger partial charge in [-0.1, -0.05) is 13.3 Å². The fraction of sp³-hybridized carbons (Fsp3) is 0.706. The van der Waals surface area contributed by atoms with E-state index in [0.717, 1.165) is 23.6 Å². The van der Waals surface area contributed by atoms with Crippen molar-refractivity contribution < 1.29 is 4.74 Å². The molecule has 112 valence electrons. The summed E-state index contributed by atoms with van der Waals surface area (Å²) in [5, 5.41) is 0. The lowest BCUT2D eigenvalue weighted by Gasteiger charge is -2.31. The molecule has 0 aromatic carbocycles. The monoisotopic (exact) mass is 276 g/mol. The highest BCUT2D eigenvalue weighted by Gasteiger charge is 2.26. The Kier molecular flexibility index (Phi) is 5.41. The molecule has 1 aliphatic rings. The fourth-order valence-electron chi connectivity index (χ4n) is 3.12. The van der Waals surface area contributed by atoms with Crippen LogP contribution in [-0.4, -0.2) is 17.1 Å². The van der Waals surface area contributed by atoms with Gasteiger partial charge in [0.05, 0.1) is 5.69 Å². The molecule has 3 unspecified atom stereocenters. The minimum atomic E-state index is 0.111. The molecule has 0 saturated heterocycles. The Balaban J connectivity index is 2.14. The first-order chi connectivity index (χ1) is 9.60. The van der Waals surface area contributed by atoms with E-state index in [1.54, 1.807) is 0 Å². The van der Waals surface area contributed by atoms with Crippen molar-refractivity contribution in [1.82, 2.24) is 4.98 Å². The van der Waals surface area contributed by atoms with Gasteiger partial charge in [0.25, 0.3) is 0 Å². The quantitative estimate of drug-likeness (QED) is 0.893. The predicted molar refractivity (Wildman–Crippen MR) is 83.0 cm³/mol. The van der Waals surface area contributed by atoms with Gasteiger partial charge in [-0.05, 0) is 57.6 Å². The molecule has 0 bridgehead atoms. The molecule has 1 aromatic heterocycles. The number of aryl methyl sites for hydroxylation is 1. The number of hydrogen-bond acceptors (Lipinski definition) is 3. The largest absolute Gasteiger partial charge is 0.488 e. The Hall–Kier alpha value is -1.09. The van der Waals surface area contributed by atoms with Crippen molar-refractivity contribution in [2.24, 2.45) is 11.7 Å². The highest BCUT2D eigenvalue weighted by Crippen LogP contribution is 2.31. The van der Waals surface area contributed by atoms with Gasteiger partial charge in [-0.25, -0.2) is 0 Å². The summed E-state index contributed by atoms with van der Waals surface area (Å²) in [4.78, 5) is 4.62. The number of nitrogens with zero attached hydrogens (tertiary/aromatic N) is 1. The molecule has 3 heteroatoms. The molecule has 1 saturated carbocycles. The summed E-state index contributed by atoms with van der Waals surface area (Å²) in [5.41, 5.74) is 7.98. The van der Waals surface area contributed by atoms with E-state index in [0.29, 0.717) is 12.0 Å². The van der Waals surface area contributed by atoms with E-state index >= 15 is 0 Å². The first kappa shape index (κ1) is 15.3. The molecule has 2 N–H and O–H groups in total. The molecule has 0 radical (unpaired) electrons. The Labute approximate surface area is 122 Å². The van der Waals surface area contributed by atoms with Crippen LogP contribution in [0.15, 0.2) is 12.1 Å². The molecule has 0 aliphatic heterocycles. The number of hydrogen-bond donors (Lipinski definition) is 1. The zero-order valence-electron chi connectivity index (χ0n) is 13.1. The molecule has 0 spiro atoms. The highest BCUT2D eigenvalue weighted by molar-refractivity contribution is 5.30. The van der Waals surface area contributed by atoms with Crippen LogP contribution in [0.2, 0.25) is 0 Å². The first-order valence-corrected chi connectivity index (χ1v) is 7.99. The summed E-state index contributed by atoms with van der Waals surface area (Å²) in [6.45, 7) is 6.30. The van der Waals surface area contributed by atoms with Gasteiger partial charge < -0.3 is 10.5 Å². The Morgan fingerprint density at radius 3 is 2.80 bits per heavy atom. The molecule has 1 heterocycles. The maximum absolute atomic E-state index is 6.33. The average molecular weight is 276 g/mol.